The van der Waals surface area contributed by atoms with Gasteiger partial charge in [0.2, 0.25) is 0 Å². The number of fused-ring (bicyclic) bond motifs is 1. The largest absolute Gasteiger partial charge is 0.344 e. The first-order valence-corrected chi connectivity index (χ1v) is 4.13. The number of aromatic amines is 1. The molecule has 0 aliphatic carbocycles. The molecule has 2 rings (SSSR count). The van der Waals surface area contributed by atoms with E-state index in [9.17, 15) is 0 Å². The van der Waals surface area contributed by atoms with E-state index in [0.717, 1.165) is 11.0 Å². The van der Waals surface area contributed by atoms with Crippen molar-refractivity contribution in [1.29, 1.82) is 0 Å². The van der Waals surface area contributed by atoms with Crippen molar-refractivity contribution in [3.63, 3.8) is 0 Å². The molecule has 0 amide bonds. The average molecular weight is 176 g/mol. The van der Waals surface area contributed by atoms with Crippen LogP contribution in [0.25, 0.3) is 11.0 Å². The first-order chi connectivity index (χ1) is 5.77. The number of nitrogens with one attached hydrogen (secondary N) is 1. The van der Waals surface area contributed by atoms with Crippen LogP contribution in [0.1, 0.15) is 5.56 Å². The molecule has 2 nitrogen and oxygen atoms in total. The molecule has 0 fully saturated rings. The molecule has 1 aromatic carbocycles. The number of para-hydroxylation sites is 1. The molecule has 1 N–H and O–H groups in total. The zero-order chi connectivity index (χ0) is 8.55. The number of H-pyrrole nitrogens is 1. The van der Waals surface area contributed by atoms with Crippen molar-refractivity contribution in [3.05, 3.63) is 34.6 Å². The van der Waals surface area contributed by atoms with Crippen LogP contribution in [0.2, 0.25) is 0 Å². The van der Waals surface area contributed by atoms with E-state index in [4.69, 9.17) is 12.2 Å². The van der Waals surface area contributed by atoms with Crippen molar-refractivity contribution < 1.29 is 0 Å². The van der Waals surface area contributed by atoms with Crippen LogP contribution in [-0.4, -0.2) is 9.97 Å². The summed E-state index contributed by atoms with van der Waals surface area (Å²) in [6.45, 7) is 2.03. The molecule has 0 radical (unpaired) electrons. The average Bonchev–Trinajstić information content (AvgIpc) is 2.04. The molecule has 0 saturated heterocycles. The van der Waals surface area contributed by atoms with Gasteiger partial charge in [-0.3, -0.25) is 4.98 Å². The summed E-state index contributed by atoms with van der Waals surface area (Å²) in [5.74, 6) is 0. The van der Waals surface area contributed by atoms with Gasteiger partial charge in [-0.25, -0.2) is 0 Å². The van der Waals surface area contributed by atoms with Crippen molar-refractivity contribution in [3.8, 4) is 0 Å². The highest BCUT2D eigenvalue weighted by Crippen LogP contribution is 2.11. The minimum absolute atomic E-state index is 0.674. The lowest BCUT2D eigenvalue weighted by molar-refractivity contribution is 1.25. The summed E-state index contributed by atoms with van der Waals surface area (Å²) in [6.07, 6.45) is 1.67. The Labute approximate surface area is 75.3 Å². The zero-order valence-corrected chi connectivity index (χ0v) is 7.48. The molecule has 12 heavy (non-hydrogen) atoms. The van der Waals surface area contributed by atoms with Gasteiger partial charge in [-0.15, -0.1) is 0 Å². The van der Waals surface area contributed by atoms with E-state index in [2.05, 4.69) is 9.97 Å². The summed E-state index contributed by atoms with van der Waals surface area (Å²) < 4.78 is 0.674. The van der Waals surface area contributed by atoms with Gasteiger partial charge in [0.05, 0.1) is 17.2 Å². The maximum atomic E-state index is 4.96. The second-order valence-electron chi connectivity index (χ2n) is 2.72. The summed E-state index contributed by atoms with van der Waals surface area (Å²) in [4.78, 5) is 7.33. The van der Waals surface area contributed by atoms with Crippen LogP contribution in [0.5, 0.6) is 0 Å². The number of rotatable bonds is 0. The van der Waals surface area contributed by atoms with Gasteiger partial charge in [-0.1, -0.05) is 24.4 Å². The van der Waals surface area contributed by atoms with Gasteiger partial charge in [-0.05, 0) is 18.6 Å². The zero-order valence-electron chi connectivity index (χ0n) is 6.66. The highest BCUT2D eigenvalue weighted by Gasteiger charge is 1.95. The molecule has 1 heterocycles. The Morgan fingerprint density at radius 3 is 3.08 bits per heavy atom. The SMILES string of the molecule is Cc1cccc2[nH]c(=S)cnc12. The lowest BCUT2D eigenvalue weighted by atomic mass is 10.2. The number of hydrogen-bond acceptors (Lipinski definition) is 2. The Kier molecular flexibility index (Phi) is 1.66. The molecule has 0 atom stereocenters. The predicted molar refractivity (Wildman–Crippen MR) is 51.7 cm³/mol. The fourth-order valence-electron chi connectivity index (χ4n) is 1.22. The first-order valence-electron chi connectivity index (χ1n) is 3.72. The number of aryl methyl sites for hydroxylation is 1. The number of benzene rings is 1. The second-order valence-corrected chi connectivity index (χ2v) is 3.16. The van der Waals surface area contributed by atoms with E-state index in [1.807, 2.05) is 25.1 Å². The molecule has 0 saturated carbocycles. The van der Waals surface area contributed by atoms with Gasteiger partial charge in [-0.2, -0.15) is 0 Å². The molecule has 2 aromatic rings. The fourth-order valence-corrected chi connectivity index (χ4v) is 1.38. The normalized spacial score (nSPS) is 10.4. The predicted octanol–water partition coefficient (Wildman–Crippen LogP) is 2.60. The minimum Gasteiger partial charge on any atom is -0.344 e. The van der Waals surface area contributed by atoms with Gasteiger partial charge >= 0.3 is 0 Å². The number of nitrogens with zero attached hydrogens (tertiary/aromatic N) is 1. The van der Waals surface area contributed by atoms with Crippen LogP contribution in [0.15, 0.2) is 24.4 Å². The number of hydrogen-bond donors (Lipinski definition) is 1. The van der Waals surface area contributed by atoms with Crippen molar-refractivity contribution in [2.24, 2.45) is 0 Å². The van der Waals surface area contributed by atoms with Gasteiger partial charge in [0, 0.05) is 0 Å². The van der Waals surface area contributed by atoms with E-state index in [1.165, 1.54) is 5.56 Å². The van der Waals surface area contributed by atoms with Crippen LogP contribution in [0.4, 0.5) is 0 Å². The Bertz CT molecular complexity index is 473. The molecule has 0 bridgehead atoms. The van der Waals surface area contributed by atoms with E-state index >= 15 is 0 Å². The molecule has 0 spiro atoms. The molecule has 3 heteroatoms. The van der Waals surface area contributed by atoms with Gasteiger partial charge in [0.25, 0.3) is 0 Å². The van der Waals surface area contributed by atoms with Crippen molar-refractivity contribution in [2.75, 3.05) is 0 Å². The third kappa shape index (κ3) is 1.12. The Morgan fingerprint density at radius 2 is 2.25 bits per heavy atom. The van der Waals surface area contributed by atoms with E-state index < -0.39 is 0 Å². The van der Waals surface area contributed by atoms with Crippen LogP contribution < -0.4 is 0 Å². The highest BCUT2D eigenvalue weighted by molar-refractivity contribution is 7.71. The molecule has 0 aliphatic rings. The van der Waals surface area contributed by atoms with Crippen molar-refractivity contribution >= 4 is 23.3 Å². The van der Waals surface area contributed by atoms with Gasteiger partial charge in [0.15, 0.2) is 0 Å². The lowest BCUT2D eigenvalue weighted by Gasteiger charge is -1.98. The monoisotopic (exact) mass is 176 g/mol. The minimum atomic E-state index is 0.674. The second kappa shape index (κ2) is 2.68. The topological polar surface area (TPSA) is 28.7 Å². The van der Waals surface area contributed by atoms with Gasteiger partial charge in [0.1, 0.15) is 4.64 Å². The molecule has 0 unspecified atom stereocenters. The Hall–Kier alpha value is -1.22. The van der Waals surface area contributed by atoms with Crippen LogP contribution in [0, 0.1) is 11.6 Å². The third-order valence-electron chi connectivity index (χ3n) is 1.81. The maximum Gasteiger partial charge on any atom is 0.122 e. The molecular formula is C9H8N2S. The summed E-state index contributed by atoms with van der Waals surface area (Å²) in [5, 5.41) is 0. The van der Waals surface area contributed by atoms with E-state index in [-0.39, 0.29) is 0 Å². The quantitative estimate of drug-likeness (QED) is 0.625. The van der Waals surface area contributed by atoms with E-state index in [1.54, 1.807) is 6.20 Å². The number of aromatic nitrogens is 2. The molecule has 60 valence electrons. The lowest BCUT2D eigenvalue weighted by Crippen LogP contribution is -1.85. The highest BCUT2D eigenvalue weighted by atomic mass is 32.1. The van der Waals surface area contributed by atoms with Crippen LogP contribution in [0.3, 0.4) is 0 Å². The van der Waals surface area contributed by atoms with E-state index in [0.29, 0.717) is 4.64 Å². The van der Waals surface area contributed by atoms with Gasteiger partial charge < -0.3 is 4.98 Å². The summed E-state index contributed by atoms with van der Waals surface area (Å²) in [7, 11) is 0. The Balaban J connectivity index is 2.96. The fraction of sp³-hybridized carbons (Fsp3) is 0.111. The Morgan fingerprint density at radius 1 is 1.42 bits per heavy atom. The summed E-state index contributed by atoms with van der Waals surface area (Å²) in [5.41, 5.74) is 3.16. The summed E-state index contributed by atoms with van der Waals surface area (Å²) >= 11 is 4.96. The summed E-state index contributed by atoms with van der Waals surface area (Å²) in [6, 6.07) is 6.00. The third-order valence-corrected chi connectivity index (χ3v) is 2.01. The van der Waals surface area contributed by atoms with Crippen molar-refractivity contribution in [2.45, 2.75) is 6.92 Å². The standard InChI is InChI=1S/C9H8N2S/c1-6-3-2-4-7-9(6)10-5-8(12)11-7/h2-5H,1H3,(H,11,12). The molecule has 0 aliphatic heterocycles. The van der Waals surface area contributed by atoms with Crippen molar-refractivity contribution in [1.82, 2.24) is 9.97 Å². The smallest absolute Gasteiger partial charge is 0.122 e. The van der Waals surface area contributed by atoms with Crippen LogP contribution in [-0.2, 0) is 0 Å². The molecule has 1 aromatic heterocycles. The van der Waals surface area contributed by atoms with Crippen LogP contribution >= 0.6 is 12.2 Å². The molecular weight excluding hydrogens is 168 g/mol. The first kappa shape index (κ1) is 7.43. The maximum absolute atomic E-state index is 4.96.